The van der Waals surface area contributed by atoms with Gasteiger partial charge in [0.05, 0.1) is 30.8 Å². The van der Waals surface area contributed by atoms with E-state index in [9.17, 15) is 13.2 Å². The van der Waals surface area contributed by atoms with Crippen LogP contribution >= 0.6 is 0 Å². The molecule has 1 saturated carbocycles. The third-order valence-electron chi connectivity index (χ3n) is 5.40. The number of amides is 1. The highest BCUT2D eigenvalue weighted by molar-refractivity contribution is 7.89. The van der Waals surface area contributed by atoms with E-state index >= 15 is 0 Å². The zero-order valence-electron chi connectivity index (χ0n) is 16.7. The SMILES string of the molecule is COc1ccc(S(=O)(=O)N2CCOCC2)cc1C(=O)NCC(C)N(C)C1CC1. The van der Waals surface area contributed by atoms with E-state index in [0.717, 1.165) is 0 Å². The van der Waals surface area contributed by atoms with Gasteiger partial charge >= 0.3 is 0 Å². The molecule has 9 heteroatoms. The maximum absolute atomic E-state index is 12.9. The number of nitrogens with zero attached hydrogens (tertiary/aromatic N) is 2. The van der Waals surface area contributed by atoms with Crippen molar-refractivity contribution in [2.45, 2.75) is 36.7 Å². The first-order valence-electron chi connectivity index (χ1n) is 9.60. The van der Waals surface area contributed by atoms with Gasteiger partial charge in [0.15, 0.2) is 0 Å². The van der Waals surface area contributed by atoms with Crippen LogP contribution < -0.4 is 10.1 Å². The molecule has 156 valence electrons. The Labute approximate surface area is 166 Å². The van der Waals surface area contributed by atoms with Crippen molar-refractivity contribution in [2.75, 3.05) is 47.0 Å². The minimum absolute atomic E-state index is 0.0866. The number of carbonyl (C=O) groups excluding carboxylic acids is 1. The second-order valence-corrected chi connectivity index (χ2v) is 9.27. The van der Waals surface area contributed by atoms with Gasteiger partial charge in [-0.15, -0.1) is 0 Å². The molecular formula is C19H29N3O5S. The van der Waals surface area contributed by atoms with E-state index in [1.807, 2.05) is 0 Å². The molecule has 2 aliphatic rings. The first kappa shape index (κ1) is 21.0. The smallest absolute Gasteiger partial charge is 0.255 e. The fourth-order valence-electron chi connectivity index (χ4n) is 3.28. The van der Waals surface area contributed by atoms with E-state index < -0.39 is 10.0 Å². The summed E-state index contributed by atoms with van der Waals surface area (Å²) in [6.07, 6.45) is 2.40. The van der Waals surface area contributed by atoms with Crippen molar-refractivity contribution >= 4 is 15.9 Å². The number of ether oxygens (including phenoxy) is 2. The number of hydrogen-bond acceptors (Lipinski definition) is 6. The molecule has 8 nitrogen and oxygen atoms in total. The van der Waals surface area contributed by atoms with Crippen LogP contribution in [-0.4, -0.2) is 82.6 Å². The van der Waals surface area contributed by atoms with E-state index in [1.165, 1.54) is 42.5 Å². The maximum atomic E-state index is 12.9. The molecule has 1 aromatic carbocycles. The number of benzene rings is 1. The van der Waals surface area contributed by atoms with E-state index in [2.05, 4.69) is 24.2 Å². The Morgan fingerprint density at radius 3 is 2.64 bits per heavy atom. The summed E-state index contributed by atoms with van der Waals surface area (Å²) in [5.41, 5.74) is 0.220. The number of likely N-dealkylation sites (N-methyl/N-ethyl adjacent to an activating group) is 1. The quantitative estimate of drug-likeness (QED) is 0.685. The molecule has 0 radical (unpaired) electrons. The lowest BCUT2D eigenvalue weighted by atomic mass is 10.2. The molecule has 1 amide bonds. The second kappa shape index (κ2) is 8.77. The standard InChI is InChI=1S/C19H29N3O5S/c1-14(21(2)15-4-5-15)13-20-19(23)17-12-16(6-7-18(17)26-3)28(24,25)22-8-10-27-11-9-22/h6-7,12,14-15H,4-5,8-11,13H2,1-3H3,(H,20,23). The molecule has 1 aliphatic heterocycles. The largest absolute Gasteiger partial charge is 0.496 e. The van der Waals surface area contributed by atoms with Crippen molar-refractivity contribution in [2.24, 2.45) is 0 Å². The summed E-state index contributed by atoms with van der Waals surface area (Å²) in [5, 5.41) is 2.91. The highest BCUT2D eigenvalue weighted by atomic mass is 32.2. The number of rotatable bonds is 8. The Balaban J connectivity index is 1.75. The van der Waals surface area contributed by atoms with Gasteiger partial charge in [-0.05, 0) is 45.0 Å². The van der Waals surface area contributed by atoms with Gasteiger partial charge < -0.3 is 14.8 Å². The molecule has 1 saturated heterocycles. The normalized spacial score (nSPS) is 19.4. The minimum atomic E-state index is -3.68. The topological polar surface area (TPSA) is 88.2 Å². The van der Waals surface area contributed by atoms with Crippen molar-refractivity contribution in [3.8, 4) is 5.75 Å². The number of hydrogen-bond donors (Lipinski definition) is 1. The van der Waals surface area contributed by atoms with Crippen LogP contribution in [0, 0.1) is 0 Å². The molecule has 1 atom stereocenters. The highest BCUT2D eigenvalue weighted by Crippen LogP contribution is 2.27. The third-order valence-corrected chi connectivity index (χ3v) is 7.29. The Bertz CT molecular complexity index is 804. The predicted molar refractivity (Wildman–Crippen MR) is 105 cm³/mol. The summed E-state index contributed by atoms with van der Waals surface area (Å²) in [6, 6.07) is 5.20. The van der Waals surface area contributed by atoms with Gasteiger partial charge in [0.1, 0.15) is 5.75 Å². The average Bonchev–Trinajstić information content (AvgIpc) is 3.56. The van der Waals surface area contributed by atoms with Crippen LogP contribution in [0.2, 0.25) is 0 Å². The van der Waals surface area contributed by atoms with Gasteiger partial charge in [-0.2, -0.15) is 4.31 Å². The molecular weight excluding hydrogens is 382 g/mol. The lowest BCUT2D eigenvalue weighted by Gasteiger charge is -2.26. The van der Waals surface area contributed by atoms with Crippen molar-refractivity contribution in [3.05, 3.63) is 23.8 Å². The zero-order valence-corrected chi connectivity index (χ0v) is 17.5. The maximum Gasteiger partial charge on any atom is 0.255 e. The van der Waals surface area contributed by atoms with Crippen molar-refractivity contribution in [1.82, 2.24) is 14.5 Å². The van der Waals surface area contributed by atoms with Gasteiger partial charge in [-0.3, -0.25) is 9.69 Å². The zero-order chi connectivity index (χ0) is 20.3. The fourth-order valence-corrected chi connectivity index (χ4v) is 4.72. The summed E-state index contributed by atoms with van der Waals surface area (Å²) in [4.78, 5) is 15.1. The Hall–Kier alpha value is -1.68. The Morgan fingerprint density at radius 1 is 1.36 bits per heavy atom. The summed E-state index contributed by atoms with van der Waals surface area (Å²) >= 11 is 0. The molecule has 28 heavy (non-hydrogen) atoms. The van der Waals surface area contributed by atoms with Crippen LogP contribution in [0.1, 0.15) is 30.1 Å². The molecule has 1 heterocycles. The number of carbonyl (C=O) groups is 1. The van der Waals surface area contributed by atoms with E-state index in [-0.39, 0.29) is 22.4 Å². The first-order chi connectivity index (χ1) is 13.3. The molecule has 0 bridgehead atoms. The van der Waals surface area contributed by atoms with Crippen LogP contribution in [0.5, 0.6) is 5.75 Å². The second-order valence-electron chi connectivity index (χ2n) is 7.33. The molecule has 3 rings (SSSR count). The molecule has 1 unspecified atom stereocenters. The third kappa shape index (κ3) is 4.65. The van der Waals surface area contributed by atoms with Crippen LogP contribution in [0.25, 0.3) is 0 Å². The van der Waals surface area contributed by atoms with Gasteiger partial charge in [0.2, 0.25) is 10.0 Å². The van der Waals surface area contributed by atoms with Crippen LogP contribution in [-0.2, 0) is 14.8 Å². The summed E-state index contributed by atoms with van der Waals surface area (Å²) in [7, 11) is -0.157. The van der Waals surface area contributed by atoms with Crippen LogP contribution in [0.4, 0.5) is 0 Å². The van der Waals surface area contributed by atoms with Gasteiger partial charge in [0.25, 0.3) is 5.91 Å². The van der Waals surface area contributed by atoms with E-state index in [1.54, 1.807) is 0 Å². The minimum Gasteiger partial charge on any atom is -0.496 e. The van der Waals surface area contributed by atoms with Gasteiger partial charge in [-0.25, -0.2) is 8.42 Å². The van der Waals surface area contributed by atoms with Crippen LogP contribution in [0.15, 0.2) is 23.1 Å². The fraction of sp³-hybridized carbons (Fsp3) is 0.632. The lowest BCUT2D eigenvalue weighted by Crippen LogP contribution is -2.41. The number of nitrogens with one attached hydrogen (secondary N) is 1. The molecule has 2 fully saturated rings. The predicted octanol–water partition coefficient (Wildman–Crippen LogP) is 0.929. The highest BCUT2D eigenvalue weighted by Gasteiger charge is 2.30. The summed E-state index contributed by atoms with van der Waals surface area (Å²) in [5.74, 6) is 0.00792. The van der Waals surface area contributed by atoms with E-state index in [0.29, 0.717) is 44.6 Å². The van der Waals surface area contributed by atoms with Crippen molar-refractivity contribution in [3.63, 3.8) is 0 Å². The first-order valence-corrected chi connectivity index (χ1v) is 11.0. The summed E-state index contributed by atoms with van der Waals surface area (Å²) in [6.45, 7) is 3.90. The number of sulfonamides is 1. The Kier molecular flexibility index (Phi) is 6.59. The van der Waals surface area contributed by atoms with Crippen molar-refractivity contribution < 1.29 is 22.7 Å². The molecule has 1 N–H and O–H groups in total. The molecule has 1 aromatic rings. The Morgan fingerprint density at radius 2 is 2.04 bits per heavy atom. The summed E-state index contributed by atoms with van der Waals surface area (Å²) < 4.78 is 37.7. The molecule has 0 aromatic heterocycles. The molecule has 1 aliphatic carbocycles. The number of methoxy groups -OCH3 is 1. The monoisotopic (exact) mass is 411 g/mol. The lowest BCUT2D eigenvalue weighted by molar-refractivity contribution is 0.0730. The molecule has 0 spiro atoms. The van der Waals surface area contributed by atoms with Crippen LogP contribution in [0.3, 0.4) is 0 Å². The van der Waals surface area contributed by atoms with Crippen molar-refractivity contribution in [1.29, 1.82) is 0 Å². The average molecular weight is 412 g/mol. The van der Waals surface area contributed by atoms with Gasteiger partial charge in [0, 0.05) is 31.7 Å². The van der Waals surface area contributed by atoms with Gasteiger partial charge in [-0.1, -0.05) is 0 Å². The number of morpholine rings is 1. The van der Waals surface area contributed by atoms with E-state index in [4.69, 9.17) is 9.47 Å².